The maximum Gasteiger partial charge on any atom is 0.319 e. The number of carboxylic acids is 1. The second kappa shape index (κ2) is 5.63. The highest BCUT2D eigenvalue weighted by Gasteiger charge is 2.58. The lowest BCUT2D eigenvalue weighted by Gasteiger charge is -2.36. The molecule has 1 aliphatic carbocycles. The summed E-state index contributed by atoms with van der Waals surface area (Å²) in [4.78, 5) is 38.7. The van der Waals surface area contributed by atoms with E-state index in [-0.39, 0.29) is 37.1 Å². The van der Waals surface area contributed by atoms with Crippen LogP contribution in [0.4, 0.5) is 0 Å². The van der Waals surface area contributed by atoms with Gasteiger partial charge in [0, 0.05) is 32.7 Å². The van der Waals surface area contributed by atoms with Gasteiger partial charge in [-0.15, -0.1) is 0 Å². The number of rotatable bonds is 3. The van der Waals surface area contributed by atoms with Crippen LogP contribution < -0.4 is 5.32 Å². The number of hydrogen-bond donors (Lipinski definition) is 2. The standard InChI is InChI=1S/C16H22N2O5/c1-17-12(19)16-6-7-23-9-11(16)8-18(10-16)13(20)15(14(21)22)4-2-3-5-15/h2-3,11H,4-10H2,1H3,(H,17,19)(H,21,22)/t11-,16+/m1/s1. The Hall–Kier alpha value is -1.89. The maximum absolute atomic E-state index is 12.9. The van der Waals surface area contributed by atoms with E-state index in [2.05, 4.69) is 5.32 Å². The van der Waals surface area contributed by atoms with Gasteiger partial charge in [-0.2, -0.15) is 0 Å². The Morgan fingerprint density at radius 2 is 2.00 bits per heavy atom. The fraction of sp³-hybridized carbons (Fsp3) is 0.688. The van der Waals surface area contributed by atoms with E-state index in [0.29, 0.717) is 26.2 Å². The van der Waals surface area contributed by atoms with Crippen LogP contribution >= 0.6 is 0 Å². The molecular weight excluding hydrogens is 300 g/mol. The highest BCUT2D eigenvalue weighted by atomic mass is 16.5. The second-order valence-electron chi connectivity index (χ2n) is 6.71. The average Bonchev–Trinajstić information content (AvgIpc) is 3.19. The Labute approximate surface area is 134 Å². The van der Waals surface area contributed by atoms with Crippen molar-refractivity contribution < 1.29 is 24.2 Å². The van der Waals surface area contributed by atoms with Crippen molar-refractivity contribution >= 4 is 17.8 Å². The van der Waals surface area contributed by atoms with Gasteiger partial charge in [0.2, 0.25) is 11.8 Å². The third-order valence-corrected chi connectivity index (χ3v) is 5.59. The maximum atomic E-state index is 12.9. The molecule has 2 amide bonds. The third kappa shape index (κ3) is 2.25. The van der Waals surface area contributed by atoms with Crippen molar-refractivity contribution in [2.75, 3.05) is 33.4 Å². The van der Waals surface area contributed by atoms with Crippen LogP contribution in [0.1, 0.15) is 19.3 Å². The first kappa shape index (κ1) is 16.0. The van der Waals surface area contributed by atoms with E-state index in [9.17, 15) is 19.5 Å². The first-order chi connectivity index (χ1) is 11.0. The number of amides is 2. The first-order valence-electron chi connectivity index (χ1n) is 7.94. The van der Waals surface area contributed by atoms with Gasteiger partial charge in [-0.1, -0.05) is 12.2 Å². The molecule has 2 fully saturated rings. The van der Waals surface area contributed by atoms with Crippen molar-refractivity contribution in [1.82, 2.24) is 10.2 Å². The molecule has 2 atom stereocenters. The molecule has 0 unspecified atom stereocenters. The van der Waals surface area contributed by atoms with E-state index in [4.69, 9.17) is 4.74 Å². The molecule has 0 saturated carbocycles. The van der Waals surface area contributed by atoms with Crippen LogP contribution in [0, 0.1) is 16.7 Å². The lowest BCUT2D eigenvalue weighted by atomic mass is 9.73. The van der Waals surface area contributed by atoms with E-state index < -0.39 is 16.8 Å². The Balaban J connectivity index is 1.86. The molecule has 2 aliphatic heterocycles. The fourth-order valence-corrected chi connectivity index (χ4v) is 4.12. The van der Waals surface area contributed by atoms with Crippen molar-refractivity contribution in [2.24, 2.45) is 16.7 Å². The van der Waals surface area contributed by atoms with Crippen molar-refractivity contribution in [3.63, 3.8) is 0 Å². The van der Waals surface area contributed by atoms with Crippen LogP contribution in [0.3, 0.4) is 0 Å². The number of hydrogen-bond acceptors (Lipinski definition) is 4. The predicted octanol–water partition coefficient (Wildman–Crippen LogP) is 0.0185. The van der Waals surface area contributed by atoms with E-state index in [1.54, 1.807) is 24.1 Å². The van der Waals surface area contributed by atoms with Gasteiger partial charge in [-0.05, 0) is 19.3 Å². The summed E-state index contributed by atoms with van der Waals surface area (Å²) >= 11 is 0. The second-order valence-corrected chi connectivity index (χ2v) is 6.71. The van der Waals surface area contributed by atoms with Gasteiger partial charge in [-0.3, -0.25) is 14.4 Å². The van der Waals surface area contributed by atoms with E-state index in [0.717, 1.165) is 0 Å². The van der Waals surface area contributed by atoms with Gasteiger partial charge in [0.05, 0.1) is 12.0 Å². The summed E-state index contributed by atoms with van der Waals surface area (Å²) in [7, 11) is 1.59. The highest BCUT2D eigenvalue weighted by Crippen LogP contribution is 2.45. The first-order valence-corrected chi connectivity index (χ1v) is 7.94. The normalized spacial score (nSPS) is 31.7. The number of ether oxygens (including phenoxy) is 1. The van der Waals surface area contributed by atoms with Crippen LogP contribution in [0.5, 0.6) is 0 Å². The molecule has 0 radical (unpaired) electrons. The molecule has 0 aromatic heterocycles. The molecule has 0 aromatic carbocycles. The third-order valence-electron chi connectivity index (χ3n) is 5.59. The van der Waals surface area contributed by atoms with Crippen LogP contribution in [0.15, 0.2) is 12.2 Å². The summed E-state index contributed by atoms with van der Waals surface area (Å²) in [5.74, 6) is -1.64. The molecule has 7 heteroatoms. The average molecular weight is 322 g/mol. The molecule has 2 N–H and O–H groups in total. The van der Waals surface area contributed by atoms with Gasteiger partial charge in [-0.25, -0.2) is 0 Å². The molecule has 0 spiro atoms. The molecule has 23 heavy (non-hydrogen) atoms. The Bertz CT molecular complexity index is 565. The summed E-state index contributed by atoms with van der Waals surface area (Å²) in [6.45, 7) is 1.56. The largest absolute Gasteiger partial charge is 0.480 e. The summed E-state index contributed by atoms with van der Waals surface area (Å²) in [5.41, 5.74) is -2.06. The molecule has 3 aliphatic rings. The number of carbonyl (C=O) groups excluding carboxylic acids is 2. The highest BCUT2D eigenvalue weighted by molar-refractivity contribution is 6.03. The summed E-state index contributed by atoms with van der Waals surface area (Å²) in [6, 6.07) is 0. The molecule has 3 rings (SSSR count). The van der Waals surface area contributed by atoms with Crippen LogP contribution in [0.2, 0.25) is 0 Å². The van der Waals surface area contributed by atoms with Crippen molar-refractivity contribution in [3.8, 4) is 0 Å². The van der Waals surface area contributed by atoms with Gasteiger partial charge >= 0.3 is 5.97 Å². The number of carbonyl (C=O) groups is 3. The van der Waals surface area contributed by atoms with E-state index >= 15 is 0 Å². The van der Waals surface area contributed by atoms with Crippen molar-refractivity contribution in [1.29, 1.82) is 0 Å². The van der Waals surface area contributed by atoms with Crippen LogP contribution in [0.25, 0.3) is 0 Å². The van der Waals surface area contributed by atoms with Crippen molar-refractivity contribution in [2.45, 2.75) is 19.3 Å². The van der Waals surface area contributed by atoms with Gasteiger partial charge in [0.25, 0.3) is 0 Å². The lowest BCUT2D eigenvalue weighted by molar-refractivity contribution is -0.159. The molecule has 126 valence electrons. The van der Waals surface area contributed by atoms with Crippen LogP contribution in [-0.2, 0) is 19.1 Å². The van der Waals surface area contributed by atoms with Gasteiger partial charge in [0.1, 0.15) is 0 Å². The van der Waals surface area contributed by atoms with E-state index in [1.807, 2.05) is 0 Å². The summed E-state index contributed by atoms with van der Waals surface area (Å²) in [5, 5.41) is 12.3. The monoisotopic (exact) mass is 322 g/mol. The van der Waals surface area contributed by atoms with Gasteiger partial charge in [0.15, 0.2) is 5.41 Å². The minimum atomic E-state index is -1.40. The zero-order chi connectivity index (χ0) is 16.7. The molecule has 0 aromatic rings. The SMILES string of the molecule is CNC(=O)[C@]12CCOC[C@H]1CN(C(=O)C1(C(=O)O)CC=CC1)C2. The molecule has 2 saturated heterocycles. The Morgan fingerprint density at radius 3 is 2.61 bits per heavy atom. The molecular formula is C16H22N2O5. The number of aliphatic carboxylic acids is 1. The zero-order valence-corrected chi connectivity index (χ0v) is 13.2. The number of fused-ring (bicyclic) bond motifs is 1. The van der Waals surface area contributed by atoms with Crippen molar-refractivity contribution in [3.05, 3.63) is 12.2 Å². The smallest absolute Gasteiger partial charge is 0.319 e. The molecule has 7 nitrogen and oxygen atoms in total. The summed E-state index contributed by atoms with van der Waals surface area (Å²) < 4.78 is 5.48. The molecule has 0 bridgehead atoms. The zero-order valence-electron chi connectivity index (χ0n) is 13.2. The quantitative estimate of drug-likeness (QED) is 0.564. The van der Waals surface area contributed by atoms with Crippen LogP contribution in [-0.4, -0.2) is 61.1 Å². The Morgan fingerprint density at radius 1 is 1.30 bits per heavy atom. The number of likely N-dealkylation sites (tertiary alicyclic amines) is 1. The van der Waals surface area contributed by atoms with E-state index in [1.165, 1.54) is 0 Å². The predicted molar refractivity (Wildman–Crippen MR) is 80.4 cm³/mol. The minimum Gasteiger partial charge on any atom is -0.480 e. The minimum absolute atomic E-state index is 0.0830. The number of allylic oxidation sites excluding steroid dienone is 2. The number of carboxylic acid groups (broad SMARTS) is 1. The number of nitrogens with zero attached hydrogens (tertiary/aromatic N) is 1. The van der Waals surface area contributed by atoms with Gasteiger partial charge < -0.3 is 20.1 Å². The fourth-order valence-electron chi connectivity index (χ4n) is 4.12. The Kier molecular flexibility index (Phi) is 3.91. The molecule has 2 heterocycles. The topological polar surface area (TPSA) is 95.9 Å². The lowest BCUT2D eigenvalue weighted by Crippen LogP contribution is -2.51. The number of nitrogens with one attached hydrogen (secondary N) is 1. The summed E-state index contributed by atoms with van der Waals surface area (Å²) in [6.07, 6.45) is 4.47.